The second-order valence-electron chi connectivity index (χ2n) is 3.39. The van der Waals surface area contributed by atoms with Gasteiger partial charge in [-0.1, -0.05) is 12.1 Å². The molecule has 1 aromatic carbocycles. The fourth-order valence-corrected chi connectivity index (χ4v) is 1.70. The highest BCUT2D eigenvalue weighted by atomic mass is 79.9. The maximum Gasteiger partial charge on any atom is 0.238 e. The molecule has 0 fully saturated rings. The lowest BCUT2D eigenvalue weighted by Crippen LogP contribution is -2.09. The van der Waals surface area contributed by atoms with E-state index in [2.05, 4.69) is 31.3 Å². The first-order valence-corrected chi connectivity index (χ1v) is 5.88. The lowest BCUT2D eigenvalue weighted by atomic mass is 10.2. The van der Waals surface area contributed by atoms with Crippen LogP contribution in [-0.2, 0) is 6.61 Å². The number of benzene rings is 1. The van der Waals surface area contributed by atoms with Crippen molar-refractivity contribution in [3.63, 3.8) is 0 Å². The molecule has 2 aromatic rings. The molecular formula is C11H11BrN4O2. The molecule has 0 spiro atoms. The van der Waals surface area contributed by atoms with E-state index < -0.39 is 0 Å². The van der Waals surface area contributed by atoms with Gasteiger partial charge in [0.1, 0.15) is 16.5 Å². The zero-order valence-electron chi connectivity index (χ0n) is 9.30. The third-order valence-electron chi connectivity index (χ3n) is 2.21. The minimum absolute atomic E-state index is 0.00127. The molecule has 1 aromatic heterocycles. The zero-order chi connectivity index (χ0) is 13.0. The average Bonchev–Trinajstić information content (AvgIpc) is 2.42. The molecule has 7 heteroatoms. The Morgan fingerprint density at radius 3 is 2.61 bits per heavy atom. The smallest absolute Gasteiger partial charge is 0.238 e. The van der Waals surface area contributed by atoms with Crippen LogP contribution < -0.4 is 16.0 Å². The topological polar surface area (TPSA) is 93.3 Å². The summed E-state index contributed by atoms with van der Waals surface area (Å²) in [6.07, 6.45) is 1.34. The SMILES string of the molecule is NNc1ncnc(Oc2ccc(CO)cc2)c1Br. The molecule has 0 aliphatic rings. The average molecular weight is 311 g/mol. The zero-order valence-corrected chi connectivity index (χ0v) is 10.9. The number of anilines is 1. The fourth-order valence-electron chi connectivity index (χ4n) is 1.30. The lowest BCUT2D eigenvalue weighted by molar-refractivity contribution is 0.281. The van der Waals surface area contributed by atoms with Crippen LogP contribution >= 0.6 is 15.9 Å². The van der Waals surface area contributed by atoms with Crippen molar-refractivity contribution < 1.29 is 9.84 Å². The standard InChI is InChI=1S/C11H11BrN4O2/c12-9-10(16-13)14-6-15-11(9)18-8-3-1-7(5-17)2-4-8/h1-4,6,17H,5,13H2,(H,14,15,16). The van der Waals surface area contributed by atoms with Gasteiger partial charge in [-0.15, -0.1) is 0 Å². The molecule has 6 nitrogen and oxygen atoms in total. The highest BCUT2D eigenvalue weighted by Gasteiger charge is 2.09. The minimum Gasteiger partial charge on any atom is -0.438 e. The molecule has 0 aliphatic heterocycles. The summed E-state index contributed by atoms with van der Waals surface area (Å²) in [4.78, 5) is 7.92. The molecule has 0 atom stereocenters. The van der Waals surface area contributed by atoms with E-state index in [9.17, 15) is 0 Å². The Bertz CT molecular complexity index is 533. The van der Waals surface area contributed by atoms with Crippen LogP contribution in [-0.4, -0.2) is 15.1 Å². The summed E-state index contributed by atoms with van der Waals surface area (Å²) in [5, 5.41) is 8.94. The number of halogens is 1. The van der Waals surface area contributed by atoms with E-state index in [-0.39, 0.29) is 6.61 Å². The first kappa shape index (κ1) is 12.7. The van der Waals surface area contributed by atoms with E-state index in [1.807, 2.05) is 0 Å². The molecule has 0 saturated carbocycles. The Labute approximate surface area is 112 Å². The Kier molecular flexibility index (Phi) is 4.08. The molecule has 1 heterocycles. The number of aliphatic hydroxyl groups is 1. The van der Waals surface area contributed by atoms with Crippen molar-refractivity contribution in [3.8, 4) is 11.6 Å². The van der Waals surface area contributed by atoms with Crippen molar-refractivity contribution in [2.75, 3.05) is 5.43 Å². The number of nitrogen functional groups attached to an aromatic ring is 1. The Hall–Kier alpha value is -1.70. The van der Waals surface area contributed by atoms with Crippen molar-refractivity contribution in [1.82, 2.24) is 9.97 Å². The summed E-state index contributed by atoms with van der Waals surface area (Å²) >= 11 is 3.29. The minimum atomic E-state index is -0.00127. The summed E-state index contributed by atoms with van der Waals surface area (Å²) in [6, 6.07) is 7.03. The quantitative estimate of drug-likeness (QED) is 0.589. The van der Waals surface area contributed by atoms with E-state index in [1.54, 1.807) is 24.3 Å². The van der Waals surface area contributed by atoms with Gasteiger partial charge in [0.25, 0.3) is 0 Å². The van der Waals surface area contributed by atoms with Crippen LogP contribution in [0.3, 0.4) is 0 Å². The van der Waals surface area contributed by atoms with Crippen molar-refractivity contribution in [2.24, 2.45) is 5.84 Å². The monoisotopic (exact) mass is 310 g/mol. The van der Waals surface area contributed by atoms with E-state index >= 15 is 0 Å². The normalized spacial score (nSPS) is 10.2. The molecule has 0 saturated heterocycles. The Morgan fingerprint density at radius 1 is 1.28 bits per heavy atom. The van der Waals surface area contributed by atoms with Gasteiger partial charge in [0.15, 0.2) is 5.82 Å². The summed E-state index contributed by atoms with van der Waals surface area (Å²) in [5.74, 6) is 6.70. The second kappa shape index (κ2) is 5.76. The second-order valence-corrected chi connectivity index (χ2v) is 4.18. The molecule has 0 aliphatic carbocycles. The molecule has 0 amide bonds. The van der Waals surface area contributed by atoms with Crippen molar-refractivity contribution >= 4 is 21.7 Å². The van der Waals surface area contributed by atoms with E-state index in [0.29, 0.717) is 21.9 Å². The van der Waals surface area contributed by atoms with Crippen LogP contribution in [0.25, 0.3) is 0 Å². The predicted molar refractivity (Wildman–Crippen MR) is 70.0 cm³/mol. The van der Waals surface area contributed by atoms with E-state index in [4.69, 9.17) is 15.7 Å². The number of nitrogens with two attached hydrogens (primary N) is 1. The molecular weight excluding hydrogens is 300 g/mol. The largest absolute Gasteiger partial charge is 0.438 e. The fraction of sp³-hybridized carbons (Fsp3) is 0.0909. The molecule has 18 heavy (non-hydrogen) atoms. The van der Waals surface area contributed by atoms with Gasteiger partial charge in [0.05, 0.1) is 6.61 Å². The number of rotatable bonds is 4. The van der Waals surface area contributed by atoms with Crippen LogP contribution in [0.5, 0.6) is 11.6 Å². The van der Waals surface area contributed by atoms with Gasteiger partial charge in [-0.05, 0) is 33.6 Å². The van der Waals surface area contributed by atoms with Crippen LogP contribution in [0.1, 0.15) is 5.56 Å². The van der Waals surface area contributed by atoms with Crippen LogP contribution in [0.15, 0.2) is 35.1 Å². The Morgan fingerprint density at radius 2 is 2.00 bits per heavy atom. The molecule has 94 valence electrons. The van der Waals surface area contributed by atoms with Gasteiger partial charge >= 0.3 is 0 Å². The predicted octanol–water partition coefficient (Wildman–Crippen LogP) is 1.81. The van der Waals surface area contributed by atoms with Gasteiger partial charge < -0.3 is 15.3 Å². The number of aromatic nitrogens is 2. The molecule has 4 N–H and O–H groups in total. The summed E-state index contributed by atoms with van der Waals surface area (Å²) < 4.78 is 6.12. The van der Waals surface area contributed by atoms with Gasteiger partial charge in [0.2, 0.25) is 5.88 Å². The third kappa shape index (κ3) is 2.76. The summed E-state index contributed by atoms with van der Waals surface area (Å²) in [7, 11) is 0. The Balaban J connectivity index is 2.22. The van der Waals surface area contributed by atoms with Crippen molar-refractivity contribution in [1.29, 1.82) is 0 Å². The van der Waals surface area contributed by atoms with Crippen molar-refractivity contribution in [2.45, 2.75) is 6.61 Å². The van der Waals surface area contributed by atoms with Crippen LogP contribution in [0.4, 0.5) is 5.82 Å². The first-order chi connectivity index (χ1) is 8.74. The lowest BCUT2D eigenvalue weighted by Gasteiger charge is -2.09. The summed E-state index contributed by atoms with van der Waals surface area (Å²) in [5.41, 5.74) is 3.24. The number of aliphatic hydroxyl groups excluding tert-OH is 1. The first-order valence-electron chi connectivity index (χ1n) is 5.09. The number of nitrogens with zero attached hydrogens (tertiary/aromatic N) is 2. The molecule has 0 bridgehead atoms. The number of nitrogens with one attached hydrogen (secondary N) is 1. The number of ether oxygens (including phenoxy) is 1. The molecule has 0 unspecified atom stereocenters. The number of hydrogen-bond donors (Lipinski definition) is 3. The van der Waals surface area contributed by atoms with Crippen LogP contribution in [0.2, 0.25) is 0 Å². The number of hydrogen-bond acceptors (Lipinski definition) is 6. The van der Waals surface area contributed by atoms with Gasteiger partial charge in [-0.25, -0.2) is 15.8 Å². The number of hydrazine groups is 1. The van der Waals surface area contributed by atoms with E-state index in [0.717, 1.165) is 5.56 Å². The highest BCUT2D eigenvalue weighted by molar-refractivity contribution is 9.10. The van der Waals surface area contributed by atoms with Crippen molar-refractivity contribution in [3.05, 3.63) is 40.6 Å². The molecule has 2 rings (SSSR count). The van der Waals surface area contributed by atoms with Gasteiger partial charge in [-0.3, -0.25) is 0 Å². The highest BCUT2D eigenvalue weighted by Crippen LogP contribution is 2.31. The maximum atomic E-state index is 8.94. The maximum absolute atomic E-state index is 8.94. The summed E-state index contributed by atoms with van der Waals surface area (Å²) in [6.45, 7) is -0.00127. The van der Waals surface area contributed by atoms with E-state index in [1.165, 1.54) is 6.33 Å². The van der Waals surface area contributed by atoms with Gasteiger partial charge in [0, 0.05) is 0 Å². The molecule has 0 radical (unpaired) electrons. The van der Waals surface area contributed by atoms with Crippen LogP contribution in [0, 0.1) is 0 Å². The third-order valence-corrected chi connectivity index (χ3v) is 2.93. The van der Waals surface area contributed by atoms with Gasteiger partial charge in [-0.2, -0.15) is 0 Å².